The number of nitrogens with one attached hydrogen (secondary N) is 2. The molecule has 0 saturated heterocycles. The molecule has 0 bridgehead atoms. The monoisotopic (exact) mass is 274 g/mol. The van der Waals surface area contributed by atoms with Crippen LogP contribution in [0.15, 0.2) is 11.2 Å². The van der Waals surface area contributed by atoms with E-state index in [-0.39, 0.29) is 11.1 Å². The molecule has 1 heterocycles. The minimum absolute atomic E-state index is 0.0933. The maximum absolute atomic E-state index is 12.3. The Labute approximate surface area is 109 Å². The lowest BCUT2D eigenvalue weighted by Crippen LogP contribution is -2.34. The Bertz CT molecular complexity index is 479. The van der Waals surface area contributed by atoms with Gasteiger partial charge in [0, 0.05) is 31.2 Å². The zero-order valence-corrected chi connectivity index (χ0v) is 12.4. The minimum atomic E-state index is -3.50. The maximum Gasteiger partial charge on any atom is 0.260 e. The Hall–Kier alpha value is -0.920. The molecule has 1 aromatic heterocycles. The van der Waals surface area contributed by atoms with Crippen molar-refractivity contribution in [3.05, 3.63) is 11.8 Å². The third-order valence-electron chi connectivity index (χ3n) is 2.74. The summed E-state index contributed by atoms with van der Waals surface area (Å²) in [4.78, 5) is 0. The average Bonchev–Trinajstić information content (AvgIpc) is 2.73. The van der Waals surface area contributed by atoms with Crippen LogP contribution in [0.3, 0.4) is 0 Å². The highest BCUT2D eigenvalue weighted by Gasteiger charge is 2.27. The molecule has 7 heteroatoms. The summed E-state index contributed by atoms with van der Waals surface area (Å²) in [5.74, 6) is 0. The average molecular weight is 274 g/mol. The highest BCUT2D eigenvalue weighted by atomic mass is 32.2. The Balaban J connectivity index is 3.00. The van der Waals surface area contributed by atoms with Crippen LogP contribution in [0, 0.1) is 0 Å². The number of hydrogen-bond acceptors (Lipinski definition) is 4. The van der Waals surface area contributed by atoms with Crippen LogP contribution in [0.1, 0.15) is 33.3 Å². The maximum atomic E-state index is 12.3. The van der Waals surface area contributed by atoms with Crippen molar-refractivity contribution in [2.75, 3.05) is 7.05 Å². The first-order chi connectivity index (χ1) is 8.26. The van der Waals surface area contributed by atoms with Gasteiger partial charge in [-0.1, -0.05) is 13.8 Å². The van der Waals surface area contributed by atoms with Gasteiger partial charge in [-0.15, -0.1) is 0 Å². The number of H-pyrrole nitrogens is 1. The van der Waals surface area contributed by atoms with Crippen molar-refractivity contribution < 1.29 is 8.42 Å². The Morgan fingerprint density at radius 1 is 1.39 bits per heavy atom. The van der Waals surface area contributed by atoms with Gasteiger partial charge in [0.15, 0.2) is 5.03 Å². The van der Waals surface area contributed by atoms with Crippen LogP contribution in [0.25, 0.3) is 0 Å². The highest BCUT2D eigenvalue weighted by Crippen LogP contribution is 2.18. The predicted octanol–water partition coefficient (Wildman–Crippen LogP) is 0.937. The molecular formula is C11H22N4O2S. The molecule has 1 rings (SSSR count). The van der Waals surface area contributed by atoms with Gasteiger partial charge in [0.1, 0.15) is 0 Å². The van der Waals surface area contributed by atoms with E-state index in [2.05, 4.69) is 15.5 Å². The molecule has 0 radical (unpaired) electrons. The second kappa shape index (κ2) is 5.81. The summed E-state index contributed by atoms with van der Waals surface area (Å²) in [7, 11) is -1.93. The van der Waals surface area contributed by atoms with Crippen LogP contribution < -0.4 is 5.32 Å². The number of hydrogen-bond donors (Lipinski definition) is 2. The van der Waals surface area contributed by atoms with Gasteiger partial charge >= 0.3 is 0 Å². The fourth-order valence-electron chi connectivity index (χ4n) is 1.38. The number of aromatic amines is 1. The number of rotatable bonds is 6. The molecule has 104 valence electrons. The molecule has 2 N–H and O–H groups in total. The number of aromatic nitrogens is 2. The lowest BCUT2D eigenvalue weighted by molar-refractivity contribution is 0.407. The summed E-state index contributed by atoms with van der Waals surface area (Å²) in [5.41, 5.74) is 0.663. The van der Waals surface area contributed by atoms with Crippen molar-refractivity contribution >= 4 is 10.0 Å². The third-order valence-corrected chi connectivity index (χ3v) is 4.79. The van der Waals surface area contributed by atoms with Crippen LogP contribution >= 0.6 is 0 Å². The summed E-state index contributed by atoms with van der Waals surface area (Å²) < 4.78 is 26.0. The van der Waals surface area contributed by atoms with E-state index in [1.54, 1.807) is 13.2 Å². The van der Waals surface area contributed by atoms with Crippen LogP contribution in [0.4, 0.5) is 0 Å². The fourth-order valence-corrected chi connectivity index (χ4v) is 2.85. The standard InChI is InChI=1S/C11H22N4O2S/c1-8(2)12-6-10-7-13-14-11(10)18(16,17)15(5)9(3)4/h7-9,12H,6H2,1-5H3,(H,13,14). The van der Waals surface area contributed by atoms with E-state index in [1.165, 1.54) is 4.31 Å². The Kier molecular flexibility index (Phi) is 4.89. The van der Waals surface area contributed by atoms with Gasteiger partial charge in [0.2, 0.25) is 0 Å². The predicted molar refractivity (Wildman–Crippen MR) is 70.6 cm³/mol. The van der Waals surface area contributed by atoms with Crippen LogP contribution in [0.2, 0.25) is 0 Å². The van der Waals surface area contributed by atoms with Crippen molar-refractivity contribution in [1.82, 2.24) is 19.8 Å². The minimum Gasteiger partial charge on any atom is -0.310 e. The first-order valence-corrected chi connectivity index (χ1v) is 7.44. The summed E-state index contributed by atoms with van der Waals surface area (Å²) >= 11 is 0. The van der Waals surface area contributed by atoms with E-state index in [1.807, 2.05) is 27.7 Å². The molecule has 0 fully saturated rings. The number of sulfonamides is 1. The Morgan fingerprint density at radius 2 is 2.00 bits per heavy atom. The van der Waals surface area contributed by atoms with E-state index in [0.717, 1.165) is 0 Å². The second-order valence-electron chi connectivity index (χ2n) is 4.87. The van der Waals surface area contributed by atoms with Gasteiger partial charge in [-0.3, -0.25) is 5.10 Å². The molecule has 0 aliphatic heterocycles. The zero-order valence-electron chi connectivity index (χ0n) is 11.6. The summed E-state index contributed by atoms with van der Waals surface area (Å²) in [6, 6.07) is 0.197. The third kappa shape index (κ3) is 3.30. The topological polar surface area (TPSA) is 78.1 Å². The summed E-state index contributed by atoms with van der Waals surface area (Å²) in [6.45, 7) is 8.16. The molecule has 0 aliphatic rings. The molecule has 0 aromatic carbocycles. The van der Waals surface area contributed by atoms with Gasteiger partial charge in [-0.25, -0.2) is 8.42 Å². The summed E-state index contributed by atoms with van der Waals surface area (Å²) in [5, 5.41) is 9.78. The first-order valence-electron chi connectivity index (χ1n) is 6.00. The molecular weight excluding hydrogens is 252 g/mol. The van der Waals surface area contributed by atoms with E-state index >= 15 is 0 Å². The molecule has 1 aromatic rings. The smallest absolute Gasteiger partial charge is 0.260 e. The molecule has 0 saturated carbocycles. The van der Waals surface area contributed by atoms with Crippen LogP contribution in [-0.2, 0) is 16.6 Å². The fraction of sp³-hybridized carbons (Fsp3) is 0.727. The van der Waals surface area contributed by atoms with Crippen molar-refractivity contribution in [3.8, 4) is 0 Å². The van der Waals surface area contributed by atoms with Gasteiger partial charge in [-0.05, 0) is 13.8 Å². The quantitative estimate of drug-likeness (QED) is 0.809. The van der Waals surface area contributed by atoms with Gasteiger partial charge in [-0.2, -0.15) is 9.40 Å². The lowest BCUT2D eigenvalue weighted by Gasteiger charge is -2.20. The van der Waals surface area contributed by atoms with Crippen molar-refractivity contribution in [3.63, 3.8) is 0 Å². The van der Waals surface area contributed by atoms with Crippen LogP contribution in [-0.4, -0.2) is 42.1 Å². The molecule has 0 atom stereocenters. The molecule has 6 nitrogen and oxygen atoms in total. The van der Waals surface area contributed by atoms with Crippen molar-refractivity contribution in [1.29, 1.82) is 0 Å². The first kappa shape index (κ1) is 15.1. The van der Waals surface area contributed by atoms with Crippen molar-refractivity contribution in [2.45, 2.75) is 51.3 Å². The summed E-state index contributed by atoms with van der Waals surface area (Å²) in [6.07, 6.45) is 1.55. The molecule has 18 heavy (non-hydrogen) atoms. The second-order valence-corrected chi connectivity index (χ2v) is 6.81. The van der Waals surface area contributed by atoms with E-state index in [4.69, 9.17) is 0 Å². The van der Waals surface area contributed by atoms with Gasteiger partial charge in [0.05, 0.1) is 6.20 Å². The lowest BCUT2D eigenvalue weighted by atomic mass is 10.3. The van der Waals surface area contributed by atoms with E-state index < -0.39 is 10.0 Å². The van der Waals surface area contributed by atoms with Crippen molar-refractivity contribution in [2.24, 2.45) is 0 Å². The molecule has 0 unspecified atom stereocenters. The van der Waals surface area contributed by atoms with Gasteiger partial charge < -0.3 is 5.32 Å². The number of nitrogens with zero attached hydrogens (tertiary/aromatic N) is 2. The molecule has 0 amide bonds. The largest absolute Gasteiger partial charge is 0.310 e. The Morgan fingerprint density at radius 3 is 2.50 bits per heavy atom. The van der Waals surface area contributed by atoms with E-state index in [9.17, 15) is 8.42 Å². The van der Waals surface area contributed by atoms with Gasteiger partial charge in [0.25, 0.3) is 10.0 Å². The normalized spacial score (nSPS) is 12.9. The van der Waals surface area contributed by atoms with E-state index in [0.29, 0.717) is 18.2 Å². The molecule has 0 aliphatic carbocycles. The van der Waals surface area contributed by atoms with Crippen LogP contribution in [0.5, 0.6) is 0 Å². The zero-order chi connectivity index (χ0) is 13.9. The molecule has 0 spiro atoms. The SMILES string of the molecule is CC(C)NCc1cn[nH]c1S(=O)(=O)N(C)C(C)C. The highest BCUT2D eigenvalue weighted by molar-refractivity contribution is 7.89.